The molecule has 0 spiro atoms. The zero-order valence-electron chi connectivity index (χ0n) is 22.1. The first-order valence-corrected chi connectivity index (χ1v) is 13.7. The van der Waals surface area contributed by atoms with Crippen LogP contribution in [0.25, 0.3) is 0 Å². The van der Waals surface area contributed by atoms with Gasteiger partial charge in [-0.15, -0.1) is 0 Å². The van der Waals surface area contributed by atoms with Crippen LogP contribution in [0.3, 0.4) is 0 Å². The highest BCUT2D eigenvalue weighted by Crippen LogP contribution is 2.51. The van der Waals surface area contributed by atoms with Crippen LogP contribution in [-0.2, 0) is 27.5 Å². The third-order valence-corrected chi connectivity index (χ3v) is 7.86. The molecule has 1 fully saturated rings. The molecule has 2 aromatic rings. The summed E-state index contributed by atoms with van der Waals surface area (Å²) in [6.45, 7) is 0.126. The number of rotatable bonds is 9. The first-order valence-electron chi connectivity index (χ1n) is 13.3. The molecule has 40 heavy (non-hydrogen) atoms. The Labute approximate surface area is 237 Å². The molecule has 0 aromatic heterocycles. The average molecular weight is 573 g/mol. The molecule has 5 unspecified atom stereocenters. The maximum Gasteiger partial charge on any atom is 0.252 e. The molecule has 5 atom stereocenters. The molecule has 10 nitrogen and oxygen atoms in total. The number of methoxy groups -OCH3 is 1. The summed E-state index contributed by atoms with van der Waals surface area (Å²) in [7, 11) is 1.47. The van der Waals surface area contributed by atoms with Gasteiger partial charge < -0.3 is 39.7 Å². The van der Waals surface area contributed by atoms with Crippen molar-refractivity contribution in [1.82, 2.24) is 10.2 Å². The van der Waals surface area contributed by atoms with Crippen molar-refractivity contribution in [3.63, 3.8) is 0 Å². The van der Waals surface area contributed by atoms with E-state index in [0.29, 0.717) is 40.7 Å². The van der Waals surface area contributed by atoms with E-state index in [2.05, 4.69) is 5.32 Å². The van der Waals surface area contributed by atoms with Gasteiger partial charge in [0.15, 0.2) is 11.5 Å². The SMILES string of the molecule is COc1cc(CO)cc2c1OC1C2C(C(=O)NCCO)=CC(N(Cc2ccc(Cl)cc2)C(=O)C2CCCO2)C1O. The van der Waals surface area contributed by atoms with Crippen molar-refractivity contribution in [2.75, 3.05) is 26.9 Å². The first kappa shape index (κ1) is 28.4. The van der Waals surface area contributed by atoms with Crippen molar-refractivity contribution in [3.8, 4) is 11.5 Å². The van der Waals surface area contributed by atoms with Crippen LogP contribution >= 0.6 is 11.6 Å². The Morgan fingerprint density at radius 3 is 2.60 bits per heavy atom. The van der Waals surface area contributed by atoms with Gasteiger partial charge in [-0.1, -0.05) is 23.7 Å². The lowest BCUT2D eigenvalue weighted by Crippen LogP contribution is -2.57. The Bertz CT molecular complexity index is 1280. The second-order valence-corrected chi connectivity index (χ2v) is 10.5. The lowest BCUT2D eigenvalue weighted by atomic mass is 9.77. The number of ether oxygens (including phenoxy) is 3. The number of nitrogens with one attached hydrogen (secondary N) is 1. The number of amides is 2. The zero-order valence-corrected chi connectivity index (χ0v) is 22.8. The van der Waals surface area contributed by atoms with Crippen LogP contribution in [0.2, 0.25) is 5.02 Å². The molecule has 2 aliphatic heterocycles. The third kappa shape index (κ3) is 5.42. The fourth-order valence-corrected chi connectivity index (χ4v) is 5.82. The Hall–Kier alpha value is -3.15. The van der Waals surface area contributed by atoms with Crippen molar-refractivity contribution in [2.24, 2.45) is 0 Å². The maximum atomic E-state index is 13.8. The van der Waals surface area contributed by atoms with Crippen LogP contribution in [0, 0.1) is 0 Å². The zero-order chi connectivity index (χ0) is 28.4. The highest BCUT2D eigenvalue weighted by Gasteiger charge is 2.52. The van der Waals surface area contributed by atoms with Gasteiger partial charge in [0.05, 0.1) is 32.3 Å². The number of carbonyl (C=O) groups is 2. The molecule has 2 amide bonds. The van der Waals surface area contributed by atoms with Crippen LogP contribution in [0.15, 0.2) is 48.0 Å². The predicted octanol–water partition coefficient (Wildman–Crippen LogP) is 1.67. The fraction of sp³-hybridized carbons (Fsp3) is 0.448. The number of nitrogens with zero attached hydrogens (tertiary/aromatic N) is 1. The van der Waals surface area contributed by atoms with Gasteiger partial charge in [0.2, 0.25) is 5.91 Å². The molecule has 214 valence electrons. The van der Waals surface area contributed by atoms with E-state index in [0.717, 1.165) is 12.0 Å². The van der Waals surface area contributed by atoms with E-state index in [9.17, 15) is 24.9 Å². The molecular weight excluding hydrogens is 540 g/mol. The van der Waals surface area contributed by atoms with E-state index in [1.807, 2.05) is 0 Å². The molecule has 3 aliphatic rings. The van der Waals surface area contributed by atoms with Crippen LogP contribution in [0.1, 0.15) is 35.4 Å². The monoisotopic (exact) mass is 572 g/mol. The summed E-state index contributed by atoms with van der Waals surface area (Å²) in [5.41, 5.74) is 2.22. The van der Waals surface area contributed by atoms with Crippen molar-refractivity contribution < 1.29 is 39.1 Å². The number of fused-ring (bicyclic) bond motifs is 3. The minimum Gasteiger partial charge on any atom is -0.493 e. The van der Waals surface area contributed by atoms with E-state index in [4.69, 9.17) is 25.8 Å². The molecule has 2 aromatic carbocycles. The molecule has 2 heterocycles. The van der Waals surface area contributed by atoms with Crippen LogP contribution in [-0.4, -0.2) is 83.3 Å². The Morgan fingerprint density at radius 1 is 1.18 bits per heavy atom. The molecule has 0 radical (unpaired) electrons. The summed E-state index contributed by atoms with van der Waals surface area (Å²) in [4.78, 5) is 28.8. The van der Waals surface area contributed by atoms with Crippen molar-refractivity contribution in [3.05, 3.63) is 69.8 Å². The quantitative estimate of drug-likeness (QED) is 0.356. The molecular formula is C29H33ClN2O8. The maximum absolute atomic E-state index is 13.8. The number of aliphatic hydroxyl groups is 3. The van der Waals surface area contributed by atoms with Crippen molar-refractivity contribution in [1.29, 1.82) is 0 Å². The molecule has 5 rings (SSSR count). The summed E-state index contributed by atoms with van der Waals surface area (Å²) in [6, 6.07) is 9.50. The third-order valence-electron chi connectivity index (χ3n) is 7.61. The van der Waals surface area contributed by atoms with Crippen molar-refractivity contribution in [2.45, 2.75) is 56.3 Å². The second kappa shape index (κ2) is 12.2. The molecule has 1 aliphatic carbocycles. The van der Waals surface area contributed by atoms with E-state index in [-0.39, 0.29) is 37.8 Å². The Morgan fingerprint density at radius 2 is 1.95 bits per heavy atom. The Balaban J connectivity index is 1.59. The summed E-state index contributed by atoms with van der Waals surface area (Å²) < 4.78 is 17.5. The van der Waals surface area contributed by atoms with E-state index >= 15 is 0 Å². The molecule has 1 saturated heterocycles. The average Bonchev–Trinajstić information content (AvgIpc) is 3.64. The number of hydrogen-bond acceptors (Lipinski definition) is 8. The minimum atomic E-state index is -1.22. The standard InChI is InChI=1S/C29H33ClN2O8/c1-38-23-12-17(15-34)11-19-24-20(28(36)31-8-9-33)13-21(25(35)27(24)40-26(19)23)32(29(37)22-3-2-10-39-22)14-16-4-6-18(30)7-5-16/h4-7,11-13,21-22,24-25,27,33-35H,2-3,8-10,14-15H2,1H3,(H,31,36). The number of halogens is 1. The Kier molecular flexibility index (Phi) is 8.62. The van der Waals surface area contributed by atoms with Gasteiger partial charge in [-0.05, 0) is 54.3 Å². The summed E-state index contributed by atoms with van der Waals surface area (Å²) in [5, 5.41) is 34.2. The summed E-state index contributed by atoms with van der Waals surface area (Å²) in [6.07, 6.45) is 0.115. The molecule has 0 saturated carbocycles. The number of aliphatic hydroxyl groups excluding tert-OH is 3. The minimum absolute atomic E-state index is 0.0256. The normalized spacial score (nSPS) is 24.9. The van der Waals surface area contributed by atoms with Gasteiger partial charge in [-0.2, -0.15) is 0 Å². The highest BCUT2D eigenvalue weighted by molar-refractivity contribution is 6.30. The number of carbonyl (C=O) groups excluding carboxylic acids is 2. The van der Waals surface area contributed by atoms with E-state index in [1.54, 1.807) is 42.5 Å². The molecule has 4 N–H and O–H groups in total. The summed E-state index contributed by atoms with van der Waals surface area (Å²) in [5.74, 6) is -0.720. The number of hydrogen-bond donors (Lipinski definition) is 4. The van der Waals surface area contributed by atoms with Crippen LogP contribution in [0.4, 0.5) is 0 Å². The molecule has 0 bridgehead atoms. The lowest BCUT2D eigenvalue weighted by Gasteiger charge is -2.41. The summed E-state index contributed by atoms with van der Waals surface area (Å²) >= 11 is 6.08. The number of benzene rings is 2. The van der Waals surface area contributed by atoms with E-state index in [1.165, 1.54) is 12.0 Å². The van der Waals surface area contributed by atoms with Gasteiger partial charge in [0, 0.05) is 35.9 Å². The van der Waals surface area contributed by atoms with Gasteiger partial charge in [-0.25, -0.2) is 0 Å². The van der Waals surface area contributed by atoms with Gasteiger partial charge in [0.1, 0.15) is 18.3 Å². The first-order chi connectivity index (χ1) is 19.4. The van der Waals surface area contributed by atoms with Gasteiger partial charge in [-0.3, -0.25) is 9.59 Å². The van der Waals surface area contributed by atoms with Gasteiger partial charge in [0.25, 0.3) is 5.91 Å². The lowest BCUT2D eigenvalue weighted by molar-refractivity contribution is -0.147. The van der Waals surface area contributed by atoms with Crippen molar-refractivity contribution >= 4 is 23.4 Å². The highest BCUT2D eigenvalue weighted by atomic mass is 35.5. The van der Waals surface area contributed by atoms with E-state index < -0.39 is 36.2 Å². The van der Waals surface area contributed by atoms with Crippen LogP contribution < -0.4 is 14.8 Å². The van der Waals surface area contributed by atoms with Crippen LogP contribution in [0.5, 0.6) is 11.5 Å². The largest absolute Gasteiger partial charge is 0.493 e. The smallest absolute Gasteiger partial charge is 0.252 e. The molecule has 11 heteroatoms. The van der Waals surface area contributed by atoms with Gasteiger partial charge >= 0.3 is 0 Å². The predicted molar refractivity (Wildman–Crippen MR) is 145 cm³/mol. The topological polar surface area (TPSA) is 138 Å². The second-order valence-electron chi connectivity index (χ2n) is 10.1. The fourth-order valence-electron chi connectivity index (χ4n) is 5.69.